The highest BCUT2D eigenvalue weighted by atomic mass is 19.1. The highest BCUT2D eigenvalue weighted by Gasteiger charge is 2.26. The number of hydrogen-bond donors (Lipinski definition) is 3. The van der Waals surface area contributed by atoms with Crippen LogP contribution in [0, 0.1) is 12.4 Å². The van der Waals surface area contributed by atoms with Crippen LogP contribution in [0.1, 0.15) is 37.5 Å². The fraction of sp³-hybridized carbons (Fsp3) is 0.375. The first-order valence-electron chi connectivity index (χ1n) is 18.2. The maximum absolute atomic E-state index is 13.8. The molecule has 0 saturated carbocycles. The first-order chi connectivity index (χ1) is 26.3. The van der Waals surface area contributed by atoms with Gasteiger partial charge in [0.1, 0.15) is 17.5 Å². The molecule has 0 bridgehead atoms. The summed E-state index contributed by atoms with van der Waals surface area (Å²) < 4.78 is 19.4. The Kier molecular flexibility index (Phi) is 11.9. The van der Waals surface area contributed by atoms with E-state index in [0.29, 0.717) is 50.4 Å². The molecule has 1 atom stereocenters. The number of fused-ring (bicyclic) bond motifs is 1. The van der Waals surface area contributed by atoms with Crippen LogP contribution < -0.4 is 16.0 Å². The van der Waals surface area contributed by atoms with Gasteiger partial charge in [-0.2, -0.15) is 15.0 Å². The summed E-state index contributed by atoms with van der Waals surface area (Å²) in [6, 6.07) is 18.9. The van der Waals surface area contributed by atoms with Crippen LogP contribution in [0.3, 0.4) is 0 Å². The Balaban J connectivity index is 1.19. The van der Waals surface area contributed by atoms with Crippen molar-refractivity contribution in [1.82, 2.24) is 29.7 Å². The summed E-state index contributed by atoms with van der Waals surface area (Å²) >= 11 is 0. The van der Waals surface area contributed by atoms with Crippen molar-refractivity contribution >= 4 is 52.6 Å². The molecule has 1 saturated heterocycles. The van der Waals surface area contributed by atoms with E-state index in [-0.39, 0.29) is 35.7 Å². The minimum absolute atomic E-state index is 0.177. The van der Waals surface area contributed by atoms with Crippen molar-refractivity contribution < 1.29 is 18.7 Å². The van der Waals surface area contributed by atoms with Gasteiger partial charge in [-0.1, -0.05) is 42.5 Å². The summed E-state index contributed by atoms with van der Waals surface area (Å²) in [4.78, 5) is 53.5. The number of aliphatic imine (C=N–C) groups is 1. The molecule has 0 aliphatic carbocycles. The van der Waals surface area contributed by atoms with Crippen LogP contribution in [-0.4, -0.2) is 106 Å². The zero-order valence-corrected chi connectivity index (χ0v) is 31.8. The van der Waals surface area contributed by atoms with Gasteiger partial charge in [0.05, 0.1) is 18.8 Å². The lowest BCUT2D eigenvalue weighted by Gasteiger charge is -2.35. The molecule has 0 radical (unpaired) electrons. The van der Waals surface area contributed by atoms with Gasteiger partial charge in [-0.15, -0.1) is 0 Å². The maximum Gasteiger partial charge on any atom is 0.410 e. The number of rotatable bonds is 12. The molecule has 1 aromatic heterocycles. The number of carbonyl (C=O) groups is 2. The second kappa shape index (κ2) is 16.9. The van der Waals surface area contributed by atoms with Crippen LogP contribution in [0.25, 0.3) is 4.85 Å². The Labute approximate surface area is 320 Å². The van der Waals surface area contributed by atoms with E-state index in [1.165, 1.54) is 17.0 Å². The van der Waals surface area contributed by atoms with E-state index in [4.69, 9.17) is 11.3 Å². The first-order valence-corrected chi connectivity index (χ1v) is 18.2. The van der Waals surface area contributed by atoms with E-state index in [1.807, 2.05) is 57.2 Å². The highest BCUT2D eigenvalue weighted by Crippen LogP contribution is 2.28. The van der Waals surface area contributed by atoms with Gasteiger partial charge in [0, 0.05) is 71.1 Å². The lowest BCUT2D eigenvalue weighted by atomic mass is 10.0. The number of halogens is 1. The van der Waals surface area contributed by atoms with Crippen LogP contribution in [0.5, 0.6) is 0 Å². The number of benzene rings is 3. The van der Waals surface area contributed by atoms with Gasteiger partial charge in [-0.25, -0.2) is 14.0 Å². The van der Waals surface area contributed by atoms with E-state index in [2.05, 4.69) is 45.6 Å². The van der Waals surface area contributed by atoms with Gasteiger partial charge in [0.2, 0.25) is 23.8 Å². The number of hydrogen-bond acceptors (Lipinski definition) is 11. The molecule has 14 nitrogen and oxygen atoms in total. The smallest absolute Gasteiger partial charge is 0.410 e. The fourth-order valence-corrected chi connectivity index (χ4v) is 6.24. The topological polar surface area (TPSA) is 145 Å². The van der Waals surface area contributed by atoms with E-state index >= 15 is 0 Å². The molecular formula is C40H46FN11O3. The standard InChI is InChI=1S/C40H46FN11O3/c1-40(2,3)55-39(54)52-18-16-51(17-19-52)25-27-8-7-9-31(20-27)45-37-47-36(43-24-32-22-28-12-13-29(41)23-33(28)44-32)48-38(49-37)46-34(35(53)50(5)6)21-26-10-14-30(42-4)15-11-26/h7-15,20,23,34H,16-19,21-22,24-25H2,1-3,5-6H3,(H3,43,45,46,47,48,49)/t34-/m0/s1. The van der Waals surface area contributed by atoms with Gasteiger partial charge >= 0.3 is 6.09 Å². The Morgan fingerprint density at radius 2 is 1.67 bits per heavy atom. The van der Waals surface area contributed by atoms with Crippen molar-refractivity contribution in [2.24, 2.45) is 4.99 Å². The van der Waals surface area contributed by atoms with Gasteiger partial charge in [-0.05, 0) is 61.7 Å². The number of anilines is 4. The number of likely N-dealkylation sites (N-methyl/N-ethyl adjacent to an activating group) is 1. The molecule has 0 unspecified atom stereocenters. The second-order valence-corrected chi connectivity index (χ2v) is 14.8. The van der Waals surface area contributed by atoms with Crippen molar-refractivity contribution in [2.75, 3.05) is 62.8 Å². The monoisotopic (exact) mass is 747 g/mol. The van der Waals surface area contributed by atoms with Crippen molar-refractivity contribution in [3.8, 4) is 0 Å². The van der Waals surface area contributed by atoms with E-state index in [1.54, 1.807) is 37.2 Å². The number of nitrogens with one attached hydrogen (secondary N) is 3. The number of aromatic nitrogens is 3. The second-order valence-electron chi connectivity index (χ2n) is 14.8. The Morgan fingerprint density at radius 1 is 0.945 bits per heavy atom. The van der Waals surface area contributed by atoms with E-state index < -0.39 is 11.6 Å². The SMILES string of the molecule is [C-]#[N+]c1ccc(C[C@H](Nc2nc(NCC3=Nc4cc(F)ccc4C3)nc(Nc3cccc(CN4CCN(C(=O)OC(C)(C)C)CC4)c3)n2)C(=O)N(C)C)cc1. The molecule has 2 amide bonds. The van der Waals surface area contributed by atoms with Crippen molar-refractivity contribution in [3.05, 3.63) is 101 Å². The van der Waals surface area contributed by atoms with Crippen molar-refractivity contribution in [2.45, 2.75) is 51.8 Å². The molecule has 2 aliphatic heterocycles. The average Bonchev–Trinajstić information content (AvgIpc) is 3.55. The summed E-state index contributed by atoms with van der Waals surface area (Å²) in [5.74, 6) is 0.162. The van der Waals surface area contributed by atoms with Gasteiger partial charge in [-0.3, -0.25) is 14.7 Å². The summed E-state index contributed by atoms with van der Waals surface area (Å²) in [7, 11) is 3.37. The van der Waals surface area contributed by atoms with Crippen LogP contribution in [0.2, 0.25) is 0 Å². The largest absolute Gasteiger partial charge is 0.444 e. The Hall–Kier alpha value is -6.14. The number of piperazine rings is 1. The number of ether oxygens (including phenoxy) is 1. The predicted molar refractivity (Wildman–Crippen MR) is 211 cm³/mol. The molecule has 3 N–H and O–H groups in total. The van der Waals surface area contributed by atoms with Gasteiger partial charge in [0.25, 0.3) is 0 Å². The zero-order valence-electron chi connectivity index (χ0n) is 31.8. The number of nitrogens with zero attached hydrogens (tertiary/aromatic N) is 8. The molecule has 4 aromatic rings. The number of amides is 2. The Bertz CT molecular complexity index is 2090. The summed E-state index contributed by atoms with van der Waals surface area (Å²) in [6.45, 7) is 16.5. The predicted octanol–water partition coefficient (Wildman–Crippen LogP) is 6.21. The maximum atomic E-state index is 13.8. The molecule has 1 fully saturated rings. The highest BCUT2D eigenvalue weighted by molar-refractivity contribution is 5.96. The van der Waals surface area contributed by atoms with E-state index in [0.717, 1.165) is 41.2 Å². The molecule has 0 spiro atoms. The van der Waals surface area contributed by atoms with Crippen molar-refractivity contribution in [3.63, 3.8) is 0 Å². The molecule has 2 aliphatic rings. The Morgan fingerprint density at radius 3 is 2.38 bits per heavy atom. The molecule has 55 heavy (non-hydrogen) atoms. The average molecular weight is 748 g/mol. The summed E-state index contributed by atoms with van der Waals surface area (Å²) in [5, 5.41) is 9.79. The fourth-order valence-electron chi connectivity index (χ4n) is 6.24. The number of carbonyl (C=O) groups excluding carboxylic acids is 2. The molecule has 3 heterocycles. The molecular weight excluding hydrogens is 702 g/mol. The molecule has 286 valence electrons. The zero-order chi connectivity index (χ0) is 39.1. The molecule has 6 rings (SSSR count). The minimum Gasteiger partial charge on any atom is -0.444 e. The van der Waals surface area contributed by atoms with Gasteiger partial charge in [0.15, 0.2) is 5.69 Å². The van der Waals surface area contributed by atoms with E-state index in [9.17, 15) is 14.0 Å². The summed E-state index contributed by atoms with van der Waals surface area (Å²) in [6.07, 6.45) is 0.604. The normalized spacial score (nSPS) is 14.6. The molecule has 15 heteroatoms. The lowest BCUT2D eigenvalue weighted by molar-refractivity contribution is -0.129. The first kappa shape index (κ1) is 38.6. The van der Waals surface area contributed by atoms with Gasteiger partial charge < -0.3 is 30.5 Å². The van der Waals surface area contributed by atoms with Crippen LogP contribution in [0.15, 0.2) is 71.7 Å². The lowest BCUT2D eigenvalue weighted by Crippen LogP contribution is -2.49. The van der Waals surface area contributed by atoms with Crippen molar-refractivity contribution in [1.29, 1.82) is 0 Å². The van der Waals surface area contributed by atoms with Crippen LogP contribution in [0.4, 0.5) is 44.1 Å². The third kappa shape index (κ3) is 10.7. The summed E-state index contributed by atoms with van der Waals surface area (Å²) in [5.41, 5.74) is 5.02. The minimum atomic E-state index is -0.723. The third-order valence-corrected chi connectivity index (χ3v) is 8.97. The van der Waals surface area contributed by atoms with Crippen LogP contribution in [-0.2, 0) is 28.9 Å². The third-order valence-electron chi connectivity index (χ3n) is 8.97. The molecule has 3 aromatic carbocycles. The quantitative estimate of drug-likeness (QED) is 0.143. The van der Waals surface area contributed by atoms with Crippen LogP contribution >= 0.6 is 0 Å².